The molecule has 1 spiro atoms. The van der Waals surface area contributed by atoms with Crippen LogP contribution in [0.3, 0.4) is 0 Å². The van der Waals surface area contributed by atoms with Crippen LogP contribution in [0, 0.1) is 5.82 Å². The highest BCUT2D eigenvalue weighted by Gasteiger charge is 2.58. The van der Waals surface area contributed by atoms with Crippen molar-refractivity contribution in [1.29, 1.82) is 0 Å². The van der Waals surface area contributed by atoms with Crippen LogP contribution in [0.15, 0.2) is 48.5 Å². The van der Waals surface area contributed by atoms with Crippen molar-refractivity contribution in [3.05, 3.63) is 65.5 Å². The van der Waals surface area contributed by atoms with E-state index in [1.807, 2.05) is 31.2 Å². The van der Waals surface area contributed by atoms with Gasteiger partial charge in [0.2, 0.25) is 11.8 Å². The molecule has 2 heterocycles. The van der Waals surface area contributed by atoms with Gasteiger partial charge in [0.15, 0.2) is 0 Å². The molecule has 7 heteroatoms. The molecule has 6 nitrogen and oxygen atoms in total. The van der Waals surface area contributed by atoms with Crippen molar-refractivity contribution >= 4 is 23.4 Å². The fourth-order valence-corrected chi connectivity index (χ4v) is 4.94. The molecule has 2 aliphatic heterocycles. The minimum absolute atomic E-state index is 0.0434. The number of hydrogen-bond acceptors (Lipinski definition) is 3. The van der Waals surface area contributed by atoms with Crippen LogP contribution in [0.2, 0.25) is 0 Å². The van der Waals surface area contributed by atoms with Gasteiger partial charge in [-0.25, -0.2) is 4.39 Å². The highest BCUT2D eigenvalue weighted by Crippen LogP contribution is 2.49. The van der Waals surface area contributed by atoms with E-state index in [9.17, 15) is 18.8 Å². The summed E-state index contributed by atoms with van der Waals surface area (Å²) < 4.78 is 13.8. The number of carbonyl (C=O) groups excluding carboxylic acids is 3. The van der Waals surface area contributed by atoms with Gasteiger partial charge in [-0.05, 0) is 36.6 Å². The van der Waals surface area contributed by atoms with E-state index in [1.54, 1.807) is 11.0 Å². The first-order chi connectivity index (χ1) is 15.0. The van der Waals surface area contributed by atoms with Crippen LogP contribution in [0.5, 0.6) is 0 Å². The third kappa shape index (κ3) is 3.58. The minimum Gasteiger partial charge on any atom is -0.351 e. The van der Waals surface area contributed by atoms with Gasteiger partial charge >= 0.3 is 0 Å². The van der Waals surface area contributed by atoms with Gasteiger partial charge in [0, 0.05) is 25.2 Å². The largest absolute Gasteiger partial charge is 0.351 e. The maximum absolute atomic E-state index is 13.8. The zero-order valence-electron chi connectivity index (χ0n) is 17.5. The van der Waals surface area contributed by atoms with Gasteiger partial charge in [-0.15, -0.1) is 0 Å². The van der Waals surface area contributed by atoms with Crippen LogP contribution in [0.4, 0.5) is 10.1 Å². The quantitative estimate of drug-likeness (QED) is 0.749. The van der Waals surface area contributed by atoms with Gasteiger partial charge in [-0.2, -0.15) is 0 Å². The number of amides is 3. The first-order valence-corrected chi connectivity index (χ1v) is 10.7. The predicted molar refractivity (Wildman–Crippen MR) is 115 cm³/mol. The fourth-order valence-electron chi connectivity index (χ4n) is 4.94. The molecular formula is C24H26FN3O3. The third-order valence-electron chi connectivity index (χ3n) is 6.38. The van der Waals surface area contributed by atoms with Crippen molar-refractivity contribution in [2.45, 2.75) is 44.1 Å². The summed E-state index contributed by atoms with van der Waals surface area (Å²) in [5.74, 6) is -1.30. The first-order valence-electron chi connectivity index (χ1n) is 10.7. The summed E-state index contributed by atoms with van der Waals surface area (Å²) in [6, 6.07) is 13.2. The lowest BCUT2D eigenvalue weighted by Crippen LogP contribution is -2.49. The second-order valence-corrected chi connectivity index (χ2v) is 8.10. The van der Waals surface area contributed by atoms with Gasteiger partial charge in [0.25, 0.3) is 5.91 Å². The van der Waals surface area contributed by atoms with Gasteiger partial charge in [0.05, 0.1) is 17.0 Å². The number of likely N-dealkylation sites (tertiary alicyclic amines) is 1. The predicted octanol–water partition coefficient (Wildman–Crippen LogP) is 3.24. The summed E-state index contributed by atoms with van der Waals surface area (Å²) in [4.78, 5) is 40.1. The standard InChI is InChI=1S/C24H26FN3O3/c1-2-7-20-24(17-9-4-6-11-19(17)27-23(24)31)13-15-28(20)21(29)12-14-26-22(30)16-8-3-5-10-18(16)25/h3-6,8-11,20H,2,7,12-15H2,1H3,(H,26,30)(H,27,31)/t20-,24+/m0/s1. The van der Waals surface area contributed by atoms with Crippen LogP contribution in [-0.4, -0.2) is 41.8 Å². The highest BCUT2D eigenvalue weighted by molar-refractivity contribution is 6.07. The van der Waals surface area contributed by atoms with Crippen molar-refractivity contribution in [1.82, 2.24) is 10.2 Å². The monoisotopic (exact) mass is 423 g/mol. The van der Waals surface area contributed by atoms with Gasteiger partial charge < -0.3 is 15.5 Å². The Morgan fingerprint density at radius 3 is 2.71 bits per heavy atom. The van der Waals surface area contributed by atoms with E-state index in [4.69, 9.17) is 0 Å². The Labute approximate surface area is 180 Å². The SMILES string of the molecule is CCC[C@@H]1N(C(=O)CCNC(=O)c2ccccc2F)CC[C@]12C(=O)Nc1ccccc12. The van der Waals surface area contributed by atoms with Crippen molar-refractivity contribution in [3.8, 4) is 0 Å². The van der Waals surface area contributed by atoms with Gasteiger partial charge in [-0.1, -0.05) is 43.7 Å². The van der Waals surface area contributed by atoms with Crippen LogP contribution >= 0.6 is 0 Å². The minimum atomic E-state index is -0.724. The zero-order valence-corrected chi connectivity index (χ0v) is 17.5. The summed E-state index contributed by atoms with van der Waals surface area (Å²) in [6.45, 7) is 2.64. The molecule has 2 aromatic rings. The number of anilines is 1. The number of benzene rings is 2. The van der Waals surface area contributed by atoms with Crippen molar-refractivity contribution in [2.24, 2.45) is 0 Å². The molecule has 1 fully saturated rings. The molecule has 162 valence electrons. The molecule has 2 aliphatic rings. The summed E-state index contributed by atoms with van der Waals surface area (Å²) in [7, 11) is 0. The maximum Gasteiger partial charge on any atom is 0.254 e. The van der Waals surface area contributed by atoms with E-state index in [-0.39, 0.29) is 36.4 Å². The molecule has 0 radical (unpaired) electrons. The maximum atomic E-state index is 13.8. The summed E-state index contributed by atoms with van der Waals surface area (Å²) >= 11 is 0. The van der Waals surface area contributed by atoms with E-state index < -0.39 is 17.1 Å². The Bertz CT molecular complexity index is 1020. The number of para-hydroxylation sites is 1. The topological polar surface area (TPSA) is 78.5 Å². The molecule has 0 aromatic heterocycles. The Hall–Kier alpha value is -3.22. The Kier molecular flexibility index (Phi) is 5.76. The van der Waals surface area contributed by atoms with Crippen LogP contribution in [-0.2, 0) is 15.0 Å². The molecule has 3 amide bonds. The van der Waals surface area contributed by atoms with E-state index in [0.717, 1.165) is 24.1 Å². The normalized spacial score (nSPS) is 21.8. The second-order valence-electron chi connectivity index (χ2n) is 8.10. The van der Waals surface area contributed by atoms with Crippen molar-refractivity contribution in [3.63, 3.8) is 0 Å². The molecule has 0 bridgehead atoms. The number of rotatable bonds is 6. The van der Waals surface area contributed by atoms with E-state index in [0.29, 0.717) is 13.0 Å². The molecule has 0 unspecified atom stereocenters. The lowest BCUT2D eigenvalue weighted by molar-refractivity contribution is -0.133. The molecular weight excluding hydrogens is 397 g/mol. The van der Waals surface area contributed by atoms with Gasteiger partial charge in [0.1, 0.15) is 5.82 Å². The molecule has 0 saturated carbocycles. The Morgan fingerprint density at radius 2 is 1.94 bits per heavy atom. The summed E-state index contributed by atoms with van der Waals surface area (Å²) in [5, 5.41) is 5.61. The molecule has 4 rings (SSSR count). The lowest BCUT2D eigenvalue weighted by Gasteiger charge is -2.34. The number of halogens is 1. The molecule has 2 atom stereocenters. The van der Waals surface area contributed by atoms with Crippen LogP contribution in [0.1, 0.15) is 48.5 Å². The van der Waals surface area contributed by atoms with Crippen LogP contribution in [0.25, 0.3) is 0 Å². The average molecular weight is 423 g/mol. The third-order valence-corrected chi connectivity index (χ3v) is 6.38. The molecule has 2 N–H and O–H groups in total. The van der Waals surface area contributed by atoms with Crippen LogP contribution < -0.4 is 10.6 Å². The number of nitrogens with one attached hydrogen (secondary N) is 2. The molecule has 31 heavy (non-hydrogen) atoms. The Morgan fingerprint density at radius 1 is 1.19 bits per heavy atom. The first kappa shape index (κ1) is 21.0. The van der Waals surface area contributed by atoms with E-state index in [2.05, 4.69) is 10.6 Å². The van der Waals surface area contributed by atoms with Gasteiger partial charge in [-0.3, -0.25) is 14.4 Å². The summed E-state index contributed by atoms with van der Waals surface area (Å²) in [5.41, 5.74) is 1.01. The molecule has 0 aliphatic carbocycles. The summed E-state index contributed by atoms with van der Waals surface area (Å²) in [6.07, 6.45) is 2.23. The number of hydrogen-bond donors (Lipinski definition) is 2. The highest BCUT2D eigenvalue weighted by atomic mass is 19.1. The Balaban J connectivity index is 1.46. The second kappa shape index (κ2) is 8.49. The van der Waals surface area contributed by atoms with Crippen molar-refractivity contribution < 1.29 is 18.8 Å². The molecule has 1 saturated heterocycles. The molecule has 2 aromatic carbocycles. The number of fused-ring (bicyclic) bond motifs is 2. The smallest absolute Gasteiger partial charge is 0.254 e. The number of carbonyl (C=O) groups is 3. The number of nitrogens with zero attached hydrogens (tertiary/aromatic N) is 1. The zero-order chi connectivity index (χ0) is 22.0. The lowest BCUT2D eigenvalue weighted by atomic mass is 9.73. The van der Waals surface area contributed by atoms with E-state index in [1.165, 1.54) is 18.2 Å². The van der Waals surface area contributed by atoms with E-state index >= 15 is 0 Å². The fraction of sp³-hybridized carbons (Fsp3) is 0.375. The average Bonchev–Trinajstić information content (AvgIpc) is 3.28. The van der Waals surface area contributed by atoms with Crippen molar-refractivity contribution in [2.75, 3.05) is 18.4 Å².